The van der Waals surface area contributed by atoms with Gasteiger partial charge in [-0.05, 0) is 48.7 Å². The molecule has 164 valence electrons. The normalized spacial score (nSPS) is 12.9. The van der Waals surface area contributed by atoms with Crippen LogP contribution in [0.2, 0.25) is 0 Å². The van der Waals surface area contributed by atoms with Crippen LogP contribution in [0.4, 0.5) is 0 Å². The Morgan fingerprint density at radius 3 is 2.55 bits per heavy atom. The van der Waals surface area contributed by atoms with E-state index in [1.165, 1.54) is 22.3 Å². The van der Waals surface area contributed by atoms with Gasteiger partial charge in [0.15, 0.2) is 11.5 Å². The van der Waals surface area contributed by atoms with Gasteiger partial charge in [-0.2, -0.15) is 0 Å². The van der Waals surface area contributed by atoms with Gasteiger partial charge in [0, 0.05) is 24.1 Å². The van der Waals surface area contributed by atoms with Crippen LogP contribution < -0.4 is 14.2 Å². The highest BCUT2D eigenvalue weighted by Crippen LogP contribution is 2.39. The molecule has 0 unspecified atom stereocenters. The highest BCUT2D eigenvalue weighted by atomic mass is 32.2. The van der Waals surface area contributed by atoms with E-state index in [9.17, 15) is 13.2 Å². The zero-order valence-electron chi connectivity index (χ0n) is 17.0. The second kappa shape index (κ2) is 8.50. The van der Waals surface area contributed by atoms with Crippen molar-refractivity contribution in [1.82, 2.24) is 3.97 Å². The number of hydrogen-bond acceptors (Lipinski definition) is 6. The van der Waals surface area contributed by atoms with E-state index in [4.69, 9.17) is 19.3 Å². The van der Waals surface area contributed by atoms with E-state index < -0.39 is 16.0 Å². The van der Waals surface area contributed by atoms with Crippen molar-refractivity contribution in [3.8, 4) is 17.2 Å². The predicted molar refractivity (Wildman–Crippen MR) is 113 cm³/mol. The topological polar surface area (TPSA) is 104 Å². The Labute approximate surface area is 180 Å². The Kier molecular flexibility index (Phi) is 5.77. The highest BCUT2D eigenvalue weighted by molar-refractivity contribution is 7.90. The molecule has 0 saturated carbocycles. The van der Waals surface area contributed by atoms with Crippen molar-refractivity contribution in [1.29, 1.82) is 0 Å². The Balaban J connectivity index is 1.74. The lowest BCUT2D eigenvalue weighted by Gasteiger charge is -2.10. The summed E-state index contributed by atoms with van der Waals surface area (Å²) in [6, 6.07) is 9.59. The maximum atomic E-state index is 13.4. The molecule has 0 atom stereocenters. The number of benzene rings is 2. The minimum Gasteiger partial charge on any atom is -0.494 e. The van der Waals surface area contributed by atoms with Crippen molar-refractivity contribution >= 4 is 26.9 Å². The van der Waals surface area contributed by atoms with Crippen LogP contribution in [0.15, 0.2) is 47.5 Å². The number of carboxylic acids is 1. The molecule has 0 spiro atoms. The van der Waals surface area contributed by atoms with Crippen molar-refractivity contribution in [3.05, 3.63) is 48.2 Å². The summed E-state index contributed by atoms with van der Waals surface area (Å²) >= 11 is 0. The molecule has 4 rings (SSSR count). The number of fused-ring (bicyclic) bond motifs is 2. The molecule has 0 bridgehead atoms. The van der Waals surface area contributed by atoms with E-state index in [1.54, 1.807) is 24.3 Å². The molecule has 0 saturated heterocycles. The zero-order chi connectivity index (χ0) is 22.0. The van der Waals surface area contributed by atoms with E-state index in [2.05, 4.69) is 6.92 Å². The molecule has 2 aromatic carbocycles. The number of carboxylic acid groups (broad SMARTS) is 1. The summed E-state index contributed by atoms with van der Waals surface area (Å²) in [6.07, 6.45) is 3.49. The number of ether oxygens (including phenoxy) is 3. The molecule has 3 aromatic rings. The first-order chi connectivity index (χ1) is 14.9. The van der Waals surface area contributed by atoms with Gasteiger partial charge >= 0.3 is 5.97 Å². The molecule has 1 aliphatic rings. The minimum atomic E-state index is -3.93. The molecule has 1 aromatic heterocycles. The second-order valence-electron chi connectivity index (χ2n) is 7.24. The van der Waals surface area contributed by atoms with E-state index in [0.717, 1.165) is 12.8 Å². The van der Waals surface area contributed by atoms with Crippen LogP contribution >= 0.6 is 0 Å². The molecule has 0 fully saturated rings. The van der Waals surface area contributed by atoms with Crippen molar-refractivity contribution in [2.75, 3.05) is 13.4 Å². The van der Waals surface area contributed by atoms with Gasteiger partial charge < -0.3 is 19.3 Å². The molecular weight excluding hydrogens is 422 g/mol. The minimum absolute atomic E-state index is 0.0542. The number of aryl methyl sites for hydroxylation is 1. The third-order valence-electron chi connectivity index (χ3n) is 5.10. The van der Waals surface area contributed by atoms with E-state index in [-0.39, 0.29) is 24.5 Å². The highest BCUT2D eigenvalue weighted by Gasteiger charge is 2.25. The fourth-order valence-corrected chi connectivity index (χ4v) is 4.83. The number of unbranched alkanes of at least 4 members (excludes halogenated alkanes) is 1. The third kappa shape index (κ3) is 4.18. The summed E-state index contributed by atoms with van der Waals surface area (Å²) in [5.41, 5.74) is 1.02. The average Bonchev–Trinajstić information content (AvgIpc) is 3.35. The molecule has 1 aliphatic heterocycles. The molecule has 8 nitrogen and oxygen atoms in total. The SMILES string of the molecule is CCCCOc1ccc(S(=O)(=O)n2cc(CCC(=O)O)c3cc4c(cc32)OCO4)cc1. The van der Waals surface area contributed by atoms with Crippen molar-refractivity contribution in [3.63, 3.8) is 0 Å². The summed E-state index contributed by atoms with van der Waals surface area (Å²) < 4.78 is 44.4. The summed E-state index contributed by atoms with van der Waals surface area (Å²) in [5.74, 6) is 0.609. The lowest BCUT2D eigenvalue weighted by atomic mass is 10.1. The van der Waals surface area contributed by atoms with Gasteiger partial charge in [0.2, 0.25) is 6.79 Å². The number of carbonyl (C=O) groups is 1. The number of aromatic nitrogens is 1. The Morgan fingerprint density at radius 2 is 1.87 bits per heavy atom. The van der Waals surface area contributed by atoms with Gasteiger partial charge in [-0.1, -0.05) is 13.3 Å². The lowest BCUT2D eigenvalue weighted by Crippen LogP contribution is -2.12. The smallest absolute Gasteiger partial charge is 0.303 e. The molecule has 0 radical (unpaired) electrons. The quantitative estimate of drug-likeness (QED) is 0.500. The molecule has 0 amide bonds. The van der Waals surface area contributed by atoms with Crippen LogP contribution in [0.25, 0.3) is 10.9 Å². The summed E-state index contributed by atoms with van der Waals surface area (Å²) in [6.45, 7) is 2.70. The first-order valence-corrected chi connectivity index (χ1v) is 11.5. The molecule has 9 heteroatoms. The Bertz CT molecular complexity index is 1210. The van der Waals surface area contributed by atoms with Crippen molar-refractivity contribution in [2.45, 2.75) is 37.5 Å². The zero-order valence-corrected chi connectivity index (χ0v) is 17.9. The van der Waals surface area contributed by atoms with Crippen LogP contribution in [0.1, 0.15) is 31.7 Å². The van der Waals surface area contributed by atoms with E-state index in [1.807, 2.05) is 0 Å². The van der Waals surface area contributed by atoms with E-state index >= 15 is 0 Å². The van der Waals surface area contributed by atoms with Crippen molar-refractivity contribution < 1.29 is 32.5 Å². The summed E-state index contributed by atoms with van der Waals surface area (Å²) in [5, 5.41) is 9.69. The van der Waals surface area contributed by atoms with Crippen LogP contribution in [0, 0.1) is 0 Å². The van der Waals surface area contributed by atoms with Crippen LogP contribution in [-0.4, -0.2) is 36.9 Å². The third-order valence-corrected chi connectivity index (χ3v) is 6.79. The Morgan fingerprint density at radius 1 is 1.16 bits per heavy atom. The molecule has 1 N–H and O–H groups in total. The number of hydrogen-bond donors (Lipinski definition) is 1. The maximum absolute atomic E-state index is 13.4. The molecular formula is C22H23NO7S. The second-order valence-corrected chi connectivity index (χ2v) is 9.06. The predicted octanol–water partition coefficient (Wildman–Crippen LogP) is 3.80. The van der Waals surface area contributed by atoms with Gasteiger partial charge in [0.25, 0.3) is 10.0 Å². The maximum Gasteiger partial charge on any atom is 0.303 e. The molecule has 2 heterocycles. The standard InChI is InChI=1S/C22H23NO7S/c1-2-3-10-28-16-5-7-17(8-6-16)31(26,27)23-13-15(4-9-22(24)25)18-11-20-21(12-19(18)23)30-14-29-20/h5-8,11-13H,2-4,9-10,14H2,1H3,(H,24,25). The number of aliphatic carboxylic acids is 1. The molecule has 0 aliphatic carbocycles. The van der Waals surface area contributed by atoms with Gasteiger partial charge in [-0.3, -0.25) is 4.79 Å². The average molecular weight is 445 g/mol. The van der Waals surface area contributed by atoms with E-state index in [0.29, 0.717) is 40.3 Å². The fourth-order valence-electron chi connectivity index (χ4n) is 3.45. The summed E-state index contributed by atoms with van der Waals surface area (Å²) in [4.78, 5) is 11.2. The fraction of sp³-hybridized carbons (Fsp3) is 0.318. The van der Waals surface area contributed by atoms with Crippen LogP contribution in [0.5, 0.6) is 17.2 Å². The van der Waals surface area contributed by atoms with Gasteiger partial charge in [0.1, 0.15) is 5.75 Å². The van der Waals surface area contributed by atoms with Gasteiger partial charge in [0.05, 0.1) is 17.0 Å². The van der Waals surface area contributed by atoms with Crippen molar-refractivity contribution in [2.24, 2.45) is 0 Å². The first-order valence-electron chi connectivity index (χ1n) is 10.0. The molecule has 31 heavy (non-hydrogen) atoms. The monoisotopic (exact) mass is 445 g/mol. The number of nitrogens with zero attached hydrogens (tertiary/aromatic N) is 1. The Hall–Kier alpha value is -3.20. The lowest BCUT2D eigenvalue weighted by molar-refractivity contribution is -0.136. The van der Waals surface area contributed by atoms with Gasteiger partial charge in [-0.25, -0.2) is 12.4 Å². The van der Waals surface area contributed by atoms with Crippen LogP contribution in [0.3, 0.4) is 0 Å². The summed E-state index contributed by atoms with van der Waals surface area (Å²) in [7, 11) is -3.93. The van der Waals surface area contributed by atoms with Gasteiger partial charge in [-0.15, -0.1) is 0 Å². The largest absolute Gasteiger partial charge is 0.494 e. The number of rotatable bonds is 9. The first kappa shape index (κ1) is 21.0. The van der Waals surface area contributed by atoms with Crippen LogP contribution in [-0.2, 0) is 21.2 Å².